The highest BCUT2D eigenvalue weighted by atomic mass is 32.2. The van der Waals surface area contributed by atoms with E-state index in [4.69, 9.17) is 39.5 Å². The number of primary sulfonamides is 4. The molecule has 0 spiro atoms. The molecule has 0 bridgehead atoms. The summed E-state index contributed by atoms with van der Waals surface area (Å²) in [5, 5.41) is 19.8. The monoisotopic (exact) mass is 1060 g/mol. The molecule has 4 aromatic heterocycles. The van der Waals surface area contributed by atoms with Gasteiger partial charge in [-0.2, -0.15) is 0 Å². The van der Waals surface area contributed by atoms with Crippen molar-refractivity contribution < 1.29 is 52.6 Å². The van der Waals surface area contributed by atoms with Crippen LogP contribution in [0, 0.1) is 55.4 Å². The number of ether oxygens (including phenoxy) is 4. The Hall–Kier alpha value is -2.00. The van der Waals surface area contributed by atoms with E-state index in [0.717, 1.165) is 42.3 Å². The van der Waals surface area contributed by atoms with E-state index in [1.165, 1.54) is 101 Å². The fourth-order valence-corrected chi connectivity index (χ4v) is 12.2. The summed E-state index contributed by atoms with van der Waals surface area (Å²) >= 11 is 5.74. The van der Waals surface area contributed by atoms with Crippen LogP contribution in [-0.2, 0) is 59.0 Å². The van der Waals surface area contributed by atoms with Gasteiger partial charge in [0.05, 0.1) is 22.8 Å². The van der Waals surface area contributed by atoms with E-state index >= 15 is 0 Å². The molecule has 0 aliphatic carbocycles. The summed E-state index contributed by atoms with van der Waals surface area (Å²) < 4.78 is 111. The molecule has 64 heavy (non-hydrogen) atoms. The molecule has 0 saturated heterocycles. The first-order valence-electron chi connectivity index (χ1n) is 19.0. The molecule has 0 saturated carbocycles. The van der Waals surface area contributed by atoms with Crippen molar-refractivity contribution in [1.29, 1.82) is 0 Å². The molecule has 0 radical (unpaired) electrons. The van der Waals surface area contributed by atoms with Crippen LogP contribution in [0.4, 0.5) is 0 Å². The van der Waals surface area contributed by atoms with Crippen molar-refractivity contribution in [3.8, 4) is 0 Å². The number of hydrogen-bond donors (Lipinski definition) is 4. The van der Waals surface area contributed by atoms with Crippen LogP contribution in [0.2, 0.25) is 0 Å². The molecule has 4 heterocycles. The summed E-state index contributed by atoms with van der Waals surface area (Å²) in [4.78, 5) is 21.4. The second-order valence-corrected chi connectivity index (χ2v) is 27.2. The molecular formula is C36H64N8O12S8. The Morgan fingerprint density at radius 3 is 0.578 bits per heavy atom. The molecule has 20 nitrogen and oxygen atoms in total. The van der Waals surface area contributed by atoms with Gasteiger partial charge in [-0.3, -0.25) is 0 Å². The second kappa shape index (κ2) is 24.9. The molecule has 368 valence electrons. The fraction of sp³-hybridized carbons (Fsp3) is 0.667. The molecule has 28 heteroatoms. The van der Waals surface area contributed by atoms with Crippen LogP contribution in [0.1, 0.15) is 114 Å². The highest BCUT2D eigenvalue weighted by Gasteiger charge is 2.33. The molecule has 4 aromatic rings. The van der Waals surface area contributed by atoms with Crippen LogP contribution in [0.3, 0.4) is 0 Å². The minimum atomic E-state index is -3.62. The van der Waals surface area contributed by atoms with Gasteiger partial charge in [0.2, 0.25) is 40.1 Å². The van der Waals surface area contributed by atoms with Gasteiger partial charge in [0.25, 0.3) is 0 Å². The number of aryl methyl sites for hydroxylation is 8. The molecule has 0 unspecified atom stereocenters. The predicted molar refractivity (Wildman–Crippen MR) is 256 cm³/mol. The first-order valence-corrected chi connectivity index (χ1v) is 28.7. The Kier molecular flexibility index (Phi) is 23.3. The first-order chi connectivity index (χ1) is 29.1. The van der Waals surface area contributed by atoms with Crippen molar-refractivity contribution in [2.75, 3.05) is 28.4 Å². The summed E-state index contributed by atoms with van der Waals surface area (Å²) in [6.45, 7) is 21.3. The lowest BCUT2D eigenvalue weighted by molar-refractivity contribution is 0.102. The number of methoxy groups -OCH3 is 4. The lowest BCUT2D eigenvalue weighted by atomic mass is 10.3. The number of thiazole rings is 4. The Labute approximate surface area is 395 Å². The zero-order valence-corrected chi connectivity index (χ0v) is 45.4. The molecule has 0 aliphatic rings. The quantitative estimate of drug-likeness (QED) is 0.120. The summed E-state index contributed by atoms with van der Waals surface area (Å²) in [5.74, 6) is 0. The average molecular weight is 1060 g/mol. The summed E-state index contributed by atoms with van der Waals surface area (Å²) in [6, 6.07) is 0. The van der Waals surface area contributed by atoms with E-state index in [2.05, 4.69) is 19.9 Å². The molecule has 8 N–H and O–H groups in total. The zero-order valence-electron chi connectivity index (χ0n) is 38.9. The van der Waals surface area contributed by atoms with Gasteiger partial charge < -0.3 is 18.9 Å². The van der Waals surface area contributed by atoms with Gasteiger partial charge in [-0.15, -0.1) is 45.3 Å². The maximum Gasteiger partial charge on any atom is 0.214 e. The van der Waals surface area contributed by atoms with Crippen LogP contribution in [0.5, 0.6) is 0 Å². The minimum Gasteiger partial charge on any atom is -0.373 e. The summed E-state index contributed by atoms with van der Waals surface area (Å²) in [7, 11) is -8.67. The molecule has 0 aliphatic heterocycles. The van der Waals surface area contributed by atoms with E-state index in [1.807, 2.05) is 55.4 Å². The second-order valence-electron chi connectivity index (χ2n) is 14.6. The third kappa shape index (κ3) is 17.3. The predicted octanol–water partition coefficient (Wildman–Crippen LogP) is 4.50. The van der Waals surface area contributed by atoms with E-state index in [1.54, 1.807) is 0 Å². The van der Waals surface area contributed by atoms with Crippen LogP contribution in [-0.4, -0.2) is 103 Å². The Bertz CT molecular complexity index is 2140. The van der Waals surface area contributed by atoms with Crippen molar-refractivity contribution in [2.45, 2.75) is 129 Å². The third-order valence-corrected chi connectivity index (χ3v) is 19.6. The van der Waals surface area contributed by atoms with Gasteiger partial charge in [-0.1, -0.05) is 0 Å². The van der Waals surface area contributed by atoms with Crippen LogP contribution >= 0.6 is 45.3 Å². The fourth-order valence-electron chi connectivity index (χ4n) is 5.14. The largest absolute Gasteiger partial charge is 0.373 e. The smallest absolute Gasteiger partial charge is 0.214 e. The van der Waals surface area contributed by atoms with Crippen LogP contribution in [0.15, 0.2) is 0 Å². The van der Waals surface area contributed by atoms with Gasteiger partial charge in [0.15, 0.2) is 0 Å². The lowest BCUT2D eigenvalue weighted by Crippen LogP contribution is -2.32. The molecular weight excluding hydrogens is 993 g/mol. The van der Waals surface area contributed by atoms with E-state index < -0.39 is 85.5 Å². The molecule has 0 amide bonds. The van der Waals surface area contributed by atoms with Crippen molar-refractivity contribution in [2.24, 2.45) is 20.6 Å². The van der Waals surface area contributed by atoms with Gasteiger partial charge in [-0.05, 0) is 83.1 Å². The van der Waals surface area contributed by atoms with Crippen molar-refractivity contribution in [3.63, 3.8) is 0 Å². The number of sulfonamides is 4. The van der Waals surface area contributed by atoms with Gasteiger partial charge in [0.1, 0.15) is 65.4 Å². The Morgan fingerprint density at radius 2 is 0.500 bits per heavy atom. The van der Waals surface area contributed by atoms with Crippen LogP contribution in [0.25, 0.3) is 0 Å². The summed E-state index contributed by atoms with van der Waals surface area (Å²) in [5.41, 5.74) is 3.57. The van der Waals surface area contributed by atoms with Crippen molar-refractivity contribution in [1.82, 2.24) is 19.9 Å². The zero-order chi connectivity index (χ0) is 50.0. The number of nitrogens with two attached hydrogens (primary N) is 4. The summed E-state index contributed by atoms with van der Waals surface area (Å²) in [6.07, 6.45) is -2.42. The molecule has 4 rings (SSSR count). The van der Waals surface area contributed by atoms with E-state index in [0.29, 0.717) is 20.0 Å². The van der Waals surface area contributed by atoms with E-state index in [9.17, 15) is 33.7 Å². The topological polar surface area (TPSA) is 329 Å². The number of aromatic nitrogens is 4. The average Bonchev–Trinajstić information content (AvgIpc) is 3.89. The van der Waals surface area contributed by atoms with Crippen molar-refractivity contribution in [3.05, 3.63) is 62.3 Å². The molecule has 0 fully saturated rings. The lowest BCUT2D eigenvalue weighted by Gasteiger charge is -2.18. The van der Waals surface area contributed by atoms with Gasteiger partial charge in [0, 0.05) is 47.9 Å². The Balaban J connectivity index is 0.000000427. The Morgan fingerprint density at radius 1 is 0.359 bits per heavy atom. The third-order valence-electron chi connectivity index (χ3n) is 9.95. The SMILES string of the molecule is CO[C@@H](c1nc(C)c(C)s1)[C@@H](C)S(N)(=O)=O.CO[C@@H](c1nc(C)c(C)s1)[C@H](C)S(N)(=O)=O.CO[C@H](c1nc(C)c(C)s1)[C@@H](C)S(N)(=O)=O.CO[C@H](c1nc(C)c(C)s1)[C@H](C)S(N)(=O)=O. The number of hydrogen-bond acceptors (Lipinski definition) is 20. The maximum absolute atomic E-state index is 11.3. The normalized spacial score (nSPS) is 16.1. The highest BCUT2D eigenvalue weighted by Crippen LogP contribution is 2.33. The van der Waals surface area contributed by atoms with Gasteiger partial charge >= 0.3 is 0 Å². The number of rotatable bonds is 16. The number of nitrogens with zero attached hydrogens (tertiary/aromatic N) is 4. The first kappa shape index (κ1) is 60.0. The van der Waals surface area contributed by atoms with Crippen molar-refractivity contribution >= 4 is 85.4 Å². The highest BCUT2D eigenvalue weighted by molar-refractivity contribution is 7.90. The molecule has 8 atom stereocenters. The minimum absolute atomic E-state index is 0.604. The van der Waals surface area contributed by atoms with E-state index in [-0.39, 0.29) is 0 Å². The van der Waals surface area contributed by atoms with Gasteiger partial charge in [-0.25, -0.2) is 74.2 Å². The maximum atomic E-state index is 11.3. The van der Waals surface area contributed by atoms with Crippen LogP contribution < -0.4 is 20.6 Å². The molecule has 0 aromatic carbocycles. The standard InChI is InChI=1S/4C9H16N2O3S2/c4*1-5-6(2)15-9(11-5)8(14-4)7(3)16(10,12)13/h4*7-8H,1-4H3,(H2,10,12,13)/t2*7-,8+;2*7-,8-/m1010/s1.